The summed E-state index contributed by atoms with van der Waals surface area (Å²) in [4.78, 5) is 10.0. The quantitative estimate of drug-likeness (QED) is 0.352. The van der Waals surface area contributed by atoms with Crippen LogP contribution >= 0.6 is 35.3 Å². The highest BCUT2D eigenvalue weighted by molar-refractivity contribution is 14.0. The number of thiazole rings is 1. The van der Waals surface area contributed by atoms with Crippen molar-refractivity contribution in [1.29, 1.82) is 0 Å². The van der Waals surface area contributed by atoms with Crippen molar-refractivity contribution in [3.63, 3.8) is 0 Å². The Kier molecular flexibility index (Phi) is 8.65. The average Bonchev–Trinajstić information content (AvgIpc) is 2.96. The Bertz CT molecular complexity index is 643. The van der Waals surface area contributed by atoms with Crippen molar-refractivity contribution in [1.82, 2.24) is 15.6 Å². The van der Waals surface area contributed by atoms with E-state index in [1.165, 1.54) is 4.88 Å². The maximum Gasteiger partial charge on any atom is 0.191 e. The number of aromatic nitrogens is 1. The Labute approximate surface area is 164 Å². The number of guanidine groups is 1. The summed E-state index contributed by atoms with van der Waals surface area (Å²) in [5, 5.41) is 18.0. The number of aliphatic imine (C=N–C) groups is 1. The molecule has 0 amide bonds. The molecule has 1 aromatic carbocycles. The minimum atomic E-state index is -0.963. The summed E-state index contributed by atoms with van der Waals surface area (Å²) in [6.07, 6.45) is 1.86. The molecule has 1 heterocycles. The molecule has 1 atom stereocenters. The van der Waals surface area contributed by atoms with Crippen molar-refractivity contribution in [3.8, 4) is 0 Å². The number of halogens is 1. The molecule has 0 fully saturated rings. The van der Waals surface area contributed by atoms with Gasteiger partial charge in [-0.15, -0.1) is 35.3 Å². The summed E-state index contributed by atoms with van der Waals surface area (Å²) in [5.41, 5.74) is -0.0891. The molecule has 0 aliphatic carbocycles. The fourth-order valence-corrected chi connectivity index (χ4v) is 2.83. The van der Waals surface area contributed by atoms with Gasteiger partial charge in [0, 0.05) is 17.6 Å². The van der Waals surface area contributed by atoms with E-state index in [4.69, 9.17) is 0 Å². The Morgan fingerprint density at radius 3 is 2.58 bits per heavy atom. The van der Waals surface area contributed by atoms with E-state index in [2.05, 4.69) is 20.6 Å². The molecule has 24 heavy (non-hydrogen) atoms. The fraction of sp³-hybridized carbons (Fsp3) is 0.412. The lowest BCUT2D eigenvalue weighted by Crippen LogP contribution is -2.44. The Balaban J connectivity index is 0.00000288. The molecule has 132 valence electrons. The Hall–Kier alpha value is -1.19. The second-order valence-electron chi connectivity index (χ2n) is 5.55. The van der Waals surface area contributed by atoms with Crippen LogP contribution in [0.5, 0.6) is 0 Å². The van der Waals surface area contributed by atoms with Gasteiger partial charge in [0.05, 0.1) is 13.1 Å². The van der Waals surface area contributed by atoms with E-state index in [9.17, 15) is 5.11 Å². The molecule has 5 nitrogen and oxygen atoms in total. The van der Waals surface area contributed by atoms with Gasteiger partial charge in [0.1, 0.15) is 10.6 Å². The maximum absolute atomic E-state index is 10.6. The molecular formula is C17H25IN4OS. The summed E-state index contributed by atoms with van der Waals surface area (Å²) < 4.78 is 0. The van der Waals surface area contributed by atoms with E-state index in [1.807, 2.05) is 50.4 Å². The van der Waals surface area contributed by atoms with Crippen LogP contribution in [0.4, 0.5) is 0 Å². The Morgan fingerprint density at radius 2 is 2.00 bits per heavy atom. The van der Waals surface area contributed by atoms with Crippen LogP contribution in [0.3, 0.4) is 0 Å². The van der Waals surface area contributed by atoms with Crippen LogP contribution in [0.2, 0.25) is 0 Å². The van der Waals surface area contributed by atoms with Gasteiger partial charge in [-0.3, -0.25) is 0 Å². The number of aryl methyl sites for hydroxylation is 1. The molecule has 3 N–H and O–H groups in total. The molecule has 0 saturated carbocycles. The van der Waals surface area contributed by atoms with Crippen molar-refractivity contribution in [2.45, 2.75) is 32.9 Å². The van der Waals surface area contributed by atoms with E-state index in [0.717, 1.165) is 17.1 Å². The summed E-state index contributed by atoms with van der Waals surface area (Å²) in [5.74, 6) is 0.677. The number of hydrogen-bond donors (Lipinski definition) is 3. The largest absolute Gasteiger partial charge is 0.384 e. The number of aliphatic hydroxyl groups is 1. The lowest BCUT2D eigenvalue weighted by Gasteiger charge is -2.25. The van der Waals surface area contributed by atoms with Gasteiger partial charge in [-0.2, -0.15) is 0 Å². The molecule has 0 aliphatic rings. The van der Waals surface area contributed by atoms with Crippen LogP contribution in [0.1, 0.15) is 29.3 Å². The highest BCUT2D eigenvalue weighted by atomic mass is 127. The van der Waals surface area contributed by atoms with Crippen LogP contribution in [0, 0.1) is 6.92 Å². The van der Waals surface area contributed by atoms with E-state index < -0.39 is 5.60 Å². The van der Waals surface area contributed by atoms with Gasteiger partial charge in [0.2, 0.25) is 0 Å². The van der Waals surface area contributed by atoms with Gasteiger partial charge in [-0.05, 0) is 26.3 Å². The number of nitrogens with zero attached hydrogens (tertiary/aromatic N) is 2. The molecule has 2 rings (SSSR count). The summed E-state index contributed by atoms with van der Waals surface area (Å²) in [6.45, 7) is 7.51. The van der Waals surface area contributed by atoms with Crippen molar-refractivity contribution in [3.05, 3.63) is 52.0 Å². The normalized spacial score (nSPS) is 13.8. The smallest absolute Gasteiger partial charge is 0.191 e. The first kappa shape index (κ1) is 20.9. The first-order chi connectivity index (χ1) is 11.0. The Morgan fingerprint density at radius 1 is 1.29 bits per heavy atom. The van der Waals surface area contributed by atoms with Gasteiger partial charge >= 0.3 is 0 Å². The first-order valence-corrected chi connectivity index (χ1v) is 8.54. The van der Waals surface area contributed by atoms with Crippen molar-refractivity contribution in [2.75, 3.05) is 13.1 Å². The highest BCUT2D eigenvalue weighted by Gasteiger charge is 2.22. The van der Waals surface area contributed by atoms with Crippen LogP contribution in [-0.2, 0) is 12.1 Å². The second kappa shape index (κ2) is 9.95. The zero-order valence-corrected chi connectivity index (χ0v) is 17.4. The van der Waals surface area contributed by atoms with Crippen molar-refractivity contribution in [2.24, 2.45) is 4.99 Å². The molecule has 0 saturated heterocycles. The lowest BCUT2D eigenvalue weighted by molar-refractivity contribution is 0.0617. The lowest BCUT2D eigenvalue weighted by atomic mass is 9.96. The third-order valence-electron chi connectivity index (χ3n) is 3.38. The van der Waals surface area contributed by atoms with Gasteiger partial charge in [0.15, 0.2) is 5.96 Å². The minimum absolute atomic E-state index is 0. The first-order valence-electron chi connectivity index (χ1n) is 7.72. The van der Waals surface area contributed by atoms with Crippen LogP contribution in [0.15, 0.2) is 41.5 Å². The average molecular weight is 460 g/mol. The van der Waals surface area contributed by atoms with Gasteiger partial charge in [-0.1, -0.05) is 30.3 Å². The molecule has 1 unspecified atom stereocenters. The molecule has 0 radical (unpaired) electrons. The van der Waals surface area contributed by atoms with E-state index in [0.29, 0.717) is 19.0 Å². The van der Waals surface area contributed by atoms with Gasteiger partial charge < -0.3 is 15.7 Å². The molecule has 2 aromatic rings. The fourth-order valence-electron chi connectivity index (χ4n) is 2.12. The summed E-state index contributed by atoms with van der Waals surface area (Å²) >= 11 is 1.65. The standard InChI is InChI=1S/C17H24N4OS.HI/c1-4-18-16(20-11-15-19-10-13(2)23-15)21-12-17(3,22)14-8-6-5-7-9-14;/h5-10,22H,4,11-12H2,1-3H3,(H2,18,20,21);1H. The highest BCUT2D eigenvalue weighted by Crippen LogP contribution is 2.18. The van der Waals surface area contributed by atoms with E-state index in [1.54, 1.807) is 18.3 Å². The zero-order valence-electron chi connectivity index (χ0n) is 14.2. The molecule has 7 heteroatoms. The molecule has 0 aliphatic heterocycles. The molecular weight excluding hydrogens is 435 g/mol. The predicted octanol–water partition coefficient (Wildman–Crippen LogP) is 3.03. The SMILES string of the molecule is CCNC(=NCc1ncc(C)s1)NCC(C)(O)c1ccccc1.I. The number of benzene rings is 1. The van der Waals surface area contributed by atoms with E-state index >= 15 is 0 Å². The predicted molar refractivity (Wildman–Crippen MR) is 111 cm³/mol. The number of rotatable bonds is 6. The van der Waals surface area contributed by atoms with Crippen LogP contribution < -0.4 is 10.6 Å². The van der Waals surface area contributed by atoms with Crippen LogP contribution in [-0.4, -0.2) is 29.1 Å². The third-order valence-corrected chi connectivity index (χ3v) is 4.28. The monoisotopic (exact) mass is 460 g/mol. The topological polar surface area (TPSA) is 69.5 Å². The molecule has 1 aromatic heterocycles. The summed E-state index contributed by atoms with van der Waals surface area (Å²) in [6, 6.07) is 9.63. The minimum Gasteiger partial charge on any atom is -0.384 e. The molecule has 0 bridgehead atoms. The van der Waals surface area contributed by atoms with Crippen molar-refractivity contribution < 1.29 is 5.11 Å². The van der Waals surface area contributed by atoms with Crippen molar-refractivity contribution >= 4 is 41.3 Å². The molecule has 0 spiro atoms. The third kappa shape index (κ3) is 6.37. The second-order valence-corrected chi connectivity index (χ2v) is 6.87. The van der Waals surface area contributed by atoms with E-state index in [-0.39, 0.29) is 24.0 Å². The van der Waals surface area contributed by atoms with Gasteiger partial charge in [0.25, 0.3) is 0 Å². The van der Waals surface area contributed by atoms with Gasteiger partial charge in [-0.25, -0.2) is 9.98 Å². The number of nitrogens with one attached hydrogen (secondary N) is 2. The van der Waals surface area contributed by atoms with Crippen LogP contribution in [0.25, 0.3) is 0 Å². The summed E-state index contributed by atoms with van der Waals surface area (Å²) in [7, 11) is 0. The zero-order chi connectivity index (χ0) is 16.7. The number of hydrogen-bond acceptors (Lipinski definition) is 4. The maximum atomic E-state index is 10.6.